The fraction of sp³-hybridized carbons (Fsp3) is 0.500. The minimum absolute atomic E-state index is 0.316. The molecule has 4 nitrogen and oxygen atoms in total. The molecule has 5 heteroatoms. The van der Waals surface area contributed by atoms with Crippen LogP contribution in [-0.4, -0.2) is 22.2 Å². The van der Waals surface area contributed by atoms with Crippen LogP contribution in [0.5, 0.6) is 0 Å². The second-order valence-electron chi connectivity index (χ2n) is 4.42. The highest BCUT2D eigenvalue weighted by molar-refractivity contribution is 6.34. The Morgan fingerprint density at radius 2 is 2.24 bits per heavy atom. The summed E-state index contributed by atoms with van der Waals surface area (Å²) < 4.78 is 0. The molecule has 2 N–H and O–H groups in total. The van der Waals surface area contributed by atoms with Gasteiger partial charge in [-0.3, -0.25) is 0 Å². The number of hydrogen-bond donors (Lipinski definition) is 2. The highest BCUT2D eigenvalue weighted by Crippen LogP contribution is 2.30. The van der Waals surface area contributed by atoms with Gasteiger partial charge in [0.1, 0.15) is 16.9 Å². The molecule has 0 bridgehead atoms. The zero-order valence-electron chi connectivity index (χ0n) is 9.41. The standard InChI is InChI=1S/C12H14ClN3O/c13-10-9(7-14)3-6-15-11(10)16-8-12(17)4-1-2-5-12/h3,6,17H,1-2,4-5,8H2,(H,15,16). The smallest absolute Gasteiger partial charge is 0.146 e. The molecule has 0 aromatic carbocycles. The monoisotopic (exact) mass is 251 g/mol. The minimum Gasteiger partial charge on any atom is -0.388 e. The summed E-state index contributed by atoms with van der Waals surface area (Å²) in [5.74, 6) is 0.464. The van der Waals surface area contributed by atoms with Crippen LogP contribution in [0.15, 0.2) is 12.3 Å². The van der Waals surface area contributed by atoms with Crippen molar-refractivity contribution in [3.8, 4) is 6.07 Å². The van der Waals surface area contributed by atoms with Crippen molar-refractivity contribution in [3.63, 3.8) is 0 Å². The number of nitriles is 1. The van der Waals surface area contributed by atoms with Gasteiger partial charge in [0.25, 0.3) is 0 Å². The molecule has 1 aliphatic rings. The molecular weight excluding hydrogens is 238 g/mol. The van der Waals surface area contributed by atoms with Gasteiger partial charge in [-0.05, 0) is 18.9 Å². The zero-order chi connectivity index (χ0) is 12.3. The molecule has 0 amide bonds. The third kappa shape index (κ3) is 2.68. The third-order valence-corrected chi connectivity index (χ3v) is 3.51. The highest BCUT2D eigenvalue weighted by atomic mass is 35.5. The first kappa shape index (κ1) is 12.2. The Bertz CT molecular complexity index is 450. The molecule has 0 unspecified atom stereocenters. The summed E-state index contributed by atoms with van der Waals surface area (Å²) in [6.07, 6.45) is 5.24. The number of aromatic nitrogens is 1. The molecule has 0 radical (unpaired) electrons. The fourth-order valence-corrected chi connectivity index (χ4v) is 2.33. The summed E-state index contributed by atoms with van der Waals surface area (Å²) in [4.78, 5) is 4.07. The molecular formula is C12H14ClN3O. The van der Waals surface area contributed by atoms with E-state index in [1.807, 2.05) is 6.07 Å². The lowest BCUT2D eigenvalue weighted by molar-refractivity contribution is 0.0614. The van der Waals surface area contributed by atoms with Crippen LogP contribution in [0.25, 0.3) is 0 Å². The van der Waals surface area contributed by atoms with E-state index in [1.54, 1.807) is 6.07 Å². The number of nitrogens with one attached hydrogen (secondary N) is 1. The van der Waals surface area contributed by atoms with Gasteiger partial charge in [-0.15, -0.1) is 0 Å². The summed E-state index contributed by atoms with van der Waals surface area (Å²) in [6, 6.07) is 3.57. The van der Waals surface area contributed by atoms with Gasteiger partial charge >= 0.3 is 0 Å². The molecule has 1 aromatic heterocycles. The quantitative estimate of drug-likeness (QED) is 0.865. The maximum atomic E-state index is 10.2. The van der Waals surface area contributed by atoms with Crippen molar-refractivity contribution in [3.05, 3.63) is 22.8 Å². The van der Waals surface area contributed by atoms with Crippen molar-refractivity contribution in [2.24, 2.45) is 0 Å². The Hall–Kier alpha value is -1.31. The number of pyridine rings is 1. The molecule has 1 fully saturated rings. The van der Waals surface area contributed by atoms with Crippen molar-refractivity contribution in [2.75, 3.05) is 11.9 Å². The second kappa shape index (κ2) is 4.91. The molecule has 0 saturated heterocycles. The normalized spacial score (nSPS) is 17.7. The molecule has 1 saturated carbocycles. The molecule has 1 aromatic rings. The van der Waals surface area contributed by atoms with Crippen molar-refractivity contribution < 1.29 is 5.11 Å². The van der Waals surface area contributed by atoms with Crippen molar-refractivity contribution in [1.82, 2.24) is 4.98 Å². The Morgan fingerprint density at radius 1 is 1.53 bits per heavy atom. The number of aliphatic hydroxyl groups is 1. The minimum atomic E-state index is -0.659. The van der Waals surface area contributed by atoms with Crippen LogP contribution in [0.3, 0.4) is 0 Å². The van der Waals surface area contributed by atoms with Gasteiger partial charge in [0, 0.05) is 12.7 Å². The van der Waals surface area contributed by atoms with Crippen LogP contribution < -0.4 is 5.32 Å². The largest absolute Gasteiger partial charge is 0.388 e. The first-order valence-corrected chi connectivity index (χ1v) is 6.03. The number of nitrogens with zero attached hydrogens (tertiary/aromatic N) is 2. The first-order valence-electron chi connectivity index (χ1n) is 5.65. The van der Waals surface area contributed by atoms with E-state index >= 15 is 0 Å². The molecule has 90 valence electrons. The Morgan fingerprint density at radius 3 is 2.88 bits per heavy atom. The molecule has 0 aliphatic heterocycles. The van der Waals surface area contributed by atoms with Crippen LogP contribution in [0.4, 0.5) is 5.82 Å². The van der Waals surface area contributed by atoms with Gasteiger partial charge in [-0.1, -0.05) is 24.4 Å². The van der Waals surface area contributed by atoms with E-state index in [9.17, 15) is 5.11 Å². The number of rotatable bonds is 3. The van der Waals surface area contributed by atoms with Gasteiger partial charge in [-0.2, -0.15) is 5.26 Å². The topological polar surface area (TPSA) is 68.9 Å². The van der Waals surface area contributed by atoms with E-state index in [0.29, 0.717) is 22.9 Å². The van der Waals surface area contributed by atoms with Crippen LogP contribution in [0.2, 0.25) is 5.02 Å². The maximum absolute atomic E-state index is 10.2. The summed E-state index contributed by atoms with van der Waals surface area (Å²) in [7, 11) is 0. The van der Waals surface area contributed by atoms with E-state index in [4.69, 9.17) is 16.9 Å². The Balaban J connectivity index is 2.07. The van der Waals surface area contributed by atoms with Gasteiger partial charge in [0.05, 0.1) is 11.2 Å². The van der Waals surface area contributed by atoms with E-state index in [1.165, 1.54) is 6.20 Å². The molecule has 0 spiro atoms. The predicted molar refractivity (Wildman–Crippen MR) is 65.9 cm³/mol. The zero-order valence-corrected chi connectivity index (χ0v) is 10.2. The summed E-state index contributed by atoms with van der Waals surface area (Å²) in [6.45, 7) is 0.425. The molecule has 0 atom stereocenters. The number of halogens is 1. The summed E-state index contributed by atoms with van der Waals surface area (Å²) >= 11 is 6.01. The van der Waals surface area contributed by atoms with Crippen molar-refractivity contribution in [2.45, 2.75) is 31.3 Å². The lowest BCUT2D eigenvalue weighted by Crippen LogP contribution is -2.33. The Labute approximate surface area is 105 Å². The third-order valence-electron chi connectivity index (χ3n) is 3.13. The SMILES string of the molecule is N#Cc1ccnc(NCC2(O)CCCC2)c1Cl. The summed E-state index contributed by atoms with van der Waals surface area (Å²) in [5, 5.41) is 22.3. The fourth-order valence-electron chi connectivity index (χ4n) is 2.11. The number of anilines is 1. The average molecular weight is 252 g/mol. The average Bonchev–Trinajstić information content (AvgIpc) is 2.75. The first-order chi connectivity index (χ1) is 8.14. The van der Waals surface area contributed by atoms with Crippen LogP contribution >= 0.6 is 11.6 Å². The van der Waals surface area contributed by atoms with Gasteiger partial charge in [0.15, 0.2) is 0 Å². The van der Waals surface area contributed by atoms with Gasteiger partial charge in [0.2, 0.25) is 0 Å². The van der Waals surface area contributed by atoms with E-state index < -0.39 is 5.60 Å². The maximum Gasteiger partial charge on any atom is 0.146 e. The van der Waals surface area contributed by atoms with Gasteiger partial charge < -0.3 is 10.4 Å². The van der Waals surface area contributed by atoms with E-state index in [0.717, 1.165) is 25.7 Å². The Kier molecular flexibility index (Phi) is 3.51. The summed E-state index contributed by atoms with van der Waals surface area (Å²) in [5.41, 5.74) is -0.268. The second-order valence-corrected chi connectivity index (χ2v) is 4.80. The molecule has 1 aliphatic carbocycles. The molecule has 1 heterocycles. The number of hydrogen-bond acceptors (Lipinski definition) is 4. The molecule has 2 rings (SSSR count). The van der Waals surface area contributed by atoms with Crippen LogP contribution in [0.1, 0.15) is 31.2 Å². The van der Waals surface area contributed by atoms with Crippen molar-refractivity contribution >= 4 is 17.4 Å². The van der Waals surface area contributed by atoms with Crippen molar-refractivity contribution in [1.29, 1.82) is 5.26 Å². The van der Waals surface area contributed by atoms with Crippen LogP contribution in [-0.2, 0) is 0 Å². The van der Waals surface area contributed by atoms with E-state index in [-0.39, 0.29) is 0 Å². The van der Waals surface area contributed by atoms with E-state index in [2.05, 4.69) is 10.3 Å². The lowest BCUT2D eigenvalue weighted by atomic mass is 10.0. The lowest BCUT2D eigenvalue weighted by Gasteiger charge is -2.22. The van der Waals surface area contributed by atoms with Gasteiger partial charge in [-0.25, -0.2) is 4.98 Å². The highest BCUT2D eigenvalue weighted by Gasteiger charge is 2.31. The predicted octanol–water partition coefficient (Wildman–Crippen LogP) is 2.32. The molecule has 17 heavy (non-hydrogen) atoms. The van der Waals surface area contributed by atoms with Crippen LogP contribution in [0, 0.1) is 11.3 Å².